The SMILES string of the molecule is CCCCCCO[C@H]1CC[C@H]2[C@@H]3CCc4cc(O)ccc4[C@H]3CC[C@]12C. The van der Waals surface area contributed by atoms with Crippen LogP contribution in [-0.2, 0) is 11.2 Å². The van der Waals surface area contributed by atoms with Crippen LogP contribution in [0.15, 0.2) is 18.2 Å². The van der Waals surface area contributed by atoms with Crippen LogP contribution >= 0.6 is 0 Å². The van der Waals surface area contributed by atoms with E-state index >= 15 is 0 Å². The number of hydrogen-bond donors (Lipinski definition) is 1. The fraction of sp³-hybridized carbons (Fsp3) is 0.750. The number of unbranched alkanes of at least 4 members (excludes halogenated alkanes) is 3. The monoisotopic (exact) mass is 356 g/mol. The van der Waals surface area contributed by atoms with E-state index in [4.69, 9.17) is 4.74 Å². The highest BCUT2D eigenvalue weighted by Gasteiger charge is 2.55. The molecular weight excluding hydrogens is 320 g/mol. The lowest BCUT2D eigenvalue weighted by Gasteiger charge is -2.50. The standard InChI is InChI=1S/C24H36O2/c1-3-4-5-6-15-26-23-12-11-22-21-9-7-17-16-18(25)8-10-19(17)20(21)13-14-24(22,23)2/h8,10,16,20-23,25H,3-7,9,11-15H2,1-2H3/t20-,21-,22+,23+,24+/m1/s1. The zero-order chi connectivity index (χ0) is 18.1. The lowest BCUT2D eigenvalue weighted by Crippen LogP contribution is -2.44. The first-order valence-corrected chi connectivity index (χ1v) is 11.1. The van der Waals surface area contributed by atoms with Crippen LogP contribution in [0.1, 0.15) is 88.7 Å². The maximum Gasteiger partial charge on any atom is 0.115 e. The van der Waals surface area contributed by atoms with Crippen molar-refractivity contribution in [2.45, 2.75) is 90.1 Å². The van der Waals surface area contributed by atoms with Gasteiger partial charge in [-0.15, -0.1) is 0 Å². The van der Waals surface area contributed by atoms with Crippen LogP contribution in [0.5, 0.6) is 5.75 Å². The van der Waals surface area contributed by atoms with E-state index in [0.717, 1.165) is 24.9 Å². The Morgan fingerprint density at radius 3 is 2.85 bits per heavy atom. The Balaban J connectivity index is 1.44. The second kappa shape index (κ2) is 7.54. The molecule has 0 heterocycles. The lowest BCUT2D eigenvalue weighted by atomic mass is 9.55. The van der Waals surface area contributed by atoms with Gasteiger partial charge in [-0.05, 0) is 91.4 Å². The van der Waals surface area contributed by atoms with Crippen LogP contribution in [0.2, 0.25) is 0 Å². The Bertz CT molecular complexity index is 625. The molecule has 4 rings (SSSR count). The molecule has 2 heteroatoms. The summed E-state index contributed by atoms with van der Waals surface area (Å²) in [5.74, 6) is 2.78. The van der Waals surface area contributed by atoms with Crippen molar-refractivity contribution in [3.63, 3.8) is 0 Å². The average Bonchev–Trinajstić information content (AvgIpc) is 2.97. The van der Waals surface area contributed by atoms with E-state index in [-0.39, 0.29) is 0 Å². The Labute approximate surface area is 159 Å². The molecular formula is C24H36O2. The minimum atomic E-state index is 0.389. The molecule has 0 unspecified atom stereocenters. The van der Waals surface area contributed by atoms with Crippen molar-refractivity contribution < 1.29 is 9.84 Å². The van der Waals surface area contributed by atoms with Crippen LogP contribution in [0, 0.1) is 17.3 Å². The van der Waals surface area contributed by atoms with Gasteiger partial charge in [-0.25, -0.2) is 0 Å². The number of ether oxygens (including phenoxy) is 1. The van der Waals surface area contributed by atoms with Crippen molar-refractivity contribution in [1.29, 1.82) is 0 Å². The van der Waals surface area contributed by atoms with Crippen molar-refractivity contribution >= 4 is 0 Å². The summed E-state index contributed by atoms with van der Waals surface area (Å²) in [4.78, 5) is 0. The largest absolute Gasteiger partial charge is 0.508 e. The van der Waals surface area contributed by atoms with Crippen molar-refractivity contribution in [3.05, 3.63) is 29.3 Å². The summed E-state index contributed by atoms with van der Waals surface area (Å²) in [5.41, 5.74) is 3.32. The van der Waals surface area contributed by atoms with Gasteiger partial charge in [-0.1, -0.05) is 39.2 Å². The molecule has 3 aliphatic rings. The molecule has 1 N–H and O–H groups in total. The van der Waals surface area contributed by atoms with Gasteiger partial charge in [0, 0.05) is 6.61 Å². The third-order valence-corrected chi connectivity index (χ3v) is 7.94. The summed E-state index contributed by atoms with van der Waals surface area (Å²) >= 11 is 0. The van der Waals surface area contributed by atoms with Crippen LogP contribution in [0.3, 0.4) is 0 Å². The zero-order valence-electron chi connectivity index (χ0n) is 16.7. The first-order valence-electron chi connectivity index (χ1n) is 11.1. The van der Waals surface area contributed by atoms with Crippen molar-refractivity contribution in [3.8, 4) is 5.75 Å². The molecule has 2 nitrogen and oxygen atoms in total. The summed E-state index contributed by atoms with van der Waals surface area (Å²) in [6, 6.07) is 6.11. The number of phenols is 1. The number of rotatable bonds is 6. The van der Waals surface area contributed by atoms with Crippen molar-refractivity contribution in [1.82, 2.24) is 0 Å². The molecule has 0 bridgehead atoms. The minimum Gasteiger partial charge on any atom is -0.508 e. The quantitative estimate of drug-likeness (QED) is 0.614. The van der Waals surface area contributed by atoms with Gasteiger partial charge in [-0.3, -0.25) is 0 Å². The zero-order valence-corrected chi connectivity index (χ0v) is 16.7. The van der Waals surface area contributed by atoms with E-state index in [9.17, 15) is 5.11 Å². The first kappa shape index (κ1) is 18.3. The van der Waals surface area contributed by atoms with Gasteiger partial charge in [0.15, 0.2) is 0 Å². The van der Waals surface area contributed by atoms with E-state index in [0.29, 0.717) is 23.2 Å². The number of fused-ring (bicyclic) bond motifs is 5. The molecule has 1 aromatic rings. The van der Waals surface area contributed by atoms with E-state index < -0.39 is 0 Å². The van der Waals surface area contributed by atoms with Crippen LogP contribution in [0.25, 0.3) is 0 Å². The molecule has 0 spiro atoms. The predicted molar refractivity (Wildman–Crippen MR) is 107 cm³/mol. The van der Waals surface area contributed by atoms with Gasteiger partial charge >= 0.3 is 0 Å². The second-order valence-corrected chi connectivity index (χ2v) is 9.34. The normalized spacial score (nSPS) is 35.6. The molecule has 0 aliphatic heterocycles. The third-order valence-electron chi connectivity index (χ3n) is 7.94. The highest BCUT2D eigenvalue weighted by atomic mass is 16.5. The minimum absolute atomic E-state index is 0.389. The fourth-order valence-electron chi connectivity index (χ4n) is 6.55. The number of aryl methyl sites for hydroxylation is 1. The van der Waals surface area contributed by atoms with Crippen LogP contribution < -0.4 is 0 Å². The van der Waals surface area contributed by atoms with Gasteiger partial charge < -0.3 is 9.84 Å². The molecule has 3 aliphatic carbocycles. The van der Waals surface area contributed by atoms with Gasteiger partial charge in [0.1, 0.15) is 5.75 Å². The smallest absolute Gasteiger partial charge is 0.115 e. The summed E-state index contributed by atoms with van der Waals surface area (Å²) < 4.78 is 6.45. The highest BCUT2D eigenvalue weighted by molar-refractivity contribution is 5.40. The maximum absolute atomic E-state index is 9.83. The fourth-order valence-corrected chi connectivity index (χ4v) is 6.55. The van der Waals surface area contributed by atoms with Crippen molar-refractivity contribution in [2.75, 3.05) is 6.61 Å². The topological polar surface area (TPSA) is 29.5 Å². The van der Waals surface area contributed by atoms with Gasteiger partial charge in [0.2, 0.25) is 0 Å². The van der Waals surface area contributed by atoms with Gasteiger partial charge in [-0.2, -0.15) is 0 Å². The van der Waals surface area contributed by atoms with E-state index in [1.54, 1.807) is 0 Å². The summed E-state index contributed by atoms with van der Waals surface area (Å²) in [6.07, 6.45) is 13.3. The van der Waals surface area contributed by atoms with Gasteiger partial charge in [0.25, 0.3) is 0 Å². The molecule has 2 saturated carbocycles. The summed E-state index contributed by atoms with van der Waals surface area (Å²) in [7, 11) is 0. The molecule has 0 aromatic heterocycles. The first-order chi connectivity index (χ1) is 12.6. The third kappa shape index (κ3) is 3.19. The Hall–Kier alpha value is -1.02. The van der Waals surface area contributed by atoms with Crippen LogP contribution in [-0.4, -0.2) is 17.8 Å². The number of benzene rings is 1. The van der Waals surface area contributed by atoms with E-state index in [1.165, 1.54) is 68.9 Å². The molecule has 2 fully saturated rings. The van der Waals surface area contributed by atoms with Gasteiger partial charge in [0.05, 0.1) is 6.10 Å². The summed E-state index contributed by atoms with van der Waals surface area (Å²) in [5, 5.41) is 9.83. The maximum atomic E-state index is 9.83. The Morgan fingerprint density at radius 2 is 2.00 bits per heavy atom. The highest BCUT2D eigenvalue weighted by Crippen LogP contribution is 2.61. The number of phenolic OH excluding ortho intramolecular Hbond substituents is 1. The second-order valence-electron chi connectivity index (χ2n) is 9.34. The Kier molecular flexibility index (Phi) is 5.32. The molecule has 0 amide bonds. The lowest BCUT2D eigenvalue weighted by molar-refractivity contribution is -0.0646. The number of hydrogen-bond acceptors (Lipinski definition) is 2. The average molecular weight is 357 g/mol. The van der Waals surface area contributed by atoms with E-state index in [1.807, 2.05) is 12.1 Å². The molecule has 5 atom stereocenters. The number of aromatic hydroxyl groups is 1. The molecule has 1 aromatic carbocycles. The van der Waals surface area contributed by atoms with Crippen molar-refractivity contribution in [2.24, 2.45) is 17.3 Å². The molecule has 0 saturated heterocycles. The molecule has 0 radical (unpaired) electrons. The molecule has 144 valence electrons. The summed E-state index contributed by atoms with van der Waals surface area (Å²) in [6.45, 7) is 5.76. The molecule has 26 heavy (non-hydrogen) atoms. The predicted octanol–water partition coefficient (Wildman–Crippen LogP) is 6.21. The van der Waals surface area contributed by atoms with Crippen LogP contribution in [0.4, 0.5) is 0 Å². The Morgan fingerprint density at radius 1 is 1.12 bits per heavy atom. The van der Waals surface area contributed by atoms with E-state index in [2.05, 4.69) is 19.9 Å².